The van der Waals surface area contributed by atoms with Gasteiger partial charge >= 0.3 is 0 Å². The molecule has 1 fully saturated rings. The van der Waals surface area contributed by atoms with E-state index < -0.39 is 0 Å². The number of rotatable bonds is 5. The van der Waals surface area contributed by atoms with Crippen LogP contribution in [0.2, 0.25) is 0 Å². The van der Waals surface area contributed by atoms with Crippen molar-refractivity contribution in [1.29, 1.82) is 0 Å². The van der Waals surface area contributed by atoms with Crippen LogP contribution in [0, 0.1) is 6.92 Å². The number of fused-ring (bicyclic) bond motifs is 1. The number of carbonyl (C=O) groups excluding carboxylic acids is 3. The van der Waals surface area contributed by atoms with E-state index in [-0.39, 0.29) is 30.1 Å². The highest BCUT2D eigenvalue weighted by atomic mass is 32.2. The maximum absolute atomic E-state index is 12.5. The van der Waals surface area contributed by atoms with Crippen molar-refractivity contribution in [1.82, 2.24) is 15.2 Å². The van der Waals surface area contributed by atoms with Crippen molar-refractivity contribution >= 4 is 45.8 Å². The van der Waals surface area contributed by atoms with Crippen LogP contribution in [0.1, 0.15) is 21.6 Å². The summed E-state index contributed by atoms with van der Waals surface area (Å²) in [5, 5.41) is 3.39. The Morgan fingerprint density at radius 3 is 2.72 bits per heavy atom. The lowest BCUT2D eigenvalue weighted by atomic mass is 10.2. The van der Waals surface area contributed by atoms with Gasteiger partial charge in [-0.15, -0.1) is 0 Å². The third kappa shape index (κ3) is 4.09. The lowest BCUT2D eigenvalue weighted by Crippen LogP contribution is -2.37. The summed E-state index contributed by atoms with van der Waals surface area (Å²) in [5.74, 6) is -0.607. The van der Waals surface area contributed by atoms with Crippen LogP contribution in [0.5, 0.6) is 0 Å². The van der Waals surface area contributed by atoms with Crippen molar-refractivity contribution in [2.45, 2.75) is 6.92 Å². The molecule has 2 N–H and O–H groups in total. The van der Waals surface area contributed by atoms with Crippen molar-refractivity contribution in [3.8, 4) is 0 Å². The molecule has 0 atom stereocenters. The molecule has 3 amide bonds. The minimum atomic E-state index is -0.334. The van der Waals surface area contributed by atoms with E-state index in [1.54, 1.807) is 12.1 Å². The van der Waals surface area contributed by atoms with E-state index in [2.05, 4.69) is 10.3 Å². The molecule has 7 heteroatoms. The molecule has 0 unspecified atom stereocenters. The Balaban J connectivity index is 1.37. The fraction of sp³-hybridized carbons (Fsp3) is 0.136. The first kappa shape index (κ1) is 19.0. The van der Waals surface area contributed by atoms with Crippen molar-refractivity contribution in [3.63, 3.8) is 0 Å². The van der Waals surface area contributed by atoms with E-state index in [1.165, 1.54) is 0 Å². The lowest BCUT2D eigenvalue weighted by molar-refractivity contribution is -0.122. The molecular weight excluding hydrogens is 386 g/mol. The van der Waals surface area contributed by atoms with Crippen LogP contribution in [-0.2, 0) is 4.79 Å². The molecular formula is C22H19N3O3S. The van der Waals surface area contributed by atoms with Gasteiger partial charge in [0.15, 0.2) is 0 Å². The predicted molar refractivity (Wildman–Crippen MR) is 114 cm³/mol. The van der Waals surface area contributed by atoms with Crippen molar-refractivity contribution < 1.29 is 14.4 Å². The van der Waals surface area contributed by atoms with Gasteiger partial charge in [-0.25, -0.2) is 0 Å². The fourth-order valence-electron chi connectivity index (χ4n) is 3.13. The van der Waals surface area contributed by atoms with E-state index in [0.29, 0.717) is 10.6 Å². The summed E-state index contributed by atoms with van der Waals surface area (Å²) in [6.45, 7) is 2.30. The highest BCUT2D eigenvalue weighted by molar-refractivity contribution is 8.18. The number of aromatic nitrogens is 1. The first-order valence-electron chi connectivity index (χ1n) is 9.19. The molecule has 1 aliphatic rings. The van der Waals surface area contributed by atoms with Crippen LogP contribution in [0.4, 0.5) is 4.79 Å². The van der Waals surface area contributed by atoms with E-state index >= 15 is 0 Å². The van der Waals surface area contributed by atoms with Gasteiger partial charge in [-0.3, -0.25) is 19.3 Å². The molecule has 4 rings (SSSR count). The number of amides is 3. The first-order valence-corrected chi connectivity index (χ1v) is 10.0. The average Bonchev–Trinajstić information content (AvgIpc) is 3.24. The van der Waals surface area contributed by atoms with Crippen LogP contribution >= 0.6 is 11.8 Å². The van der Waals surface area contributed by atoms with Gasteiger partial charge in [-0.2, -0.15) is 0 Å². The lowest BCUT2D eigenvalue weighted by Gasteiger charge is -2.12. The van der Waals surface area contributed by atoms with Gasteiger partial charge in [0.2, 0.25) is 0 Å². The van der Waals surface area contributed by atoms with Gasteiger partial charge in [-0.05, 0) is 48.0 Å². The van der Waals surface area contributed by atoms with Gasteiger partial charge in [-0.1, -0.05) is 42.5 Å². The molecule has 2 aromatic carbocycles. The topological polar surface area (TPSA) is 82.3 Å². The Morgan fingerprint density at radius 2 is 1.93 bits per heavy atom. The second-order valence-electron chi connectivity index (χ2n) is 6.77. The Labute approximate surface area is 172 Å². The highest BCUT2D eigenvalue weighted by Gasteiger charge is 2.34. The number of aryl methyl sites for hydroxylation is 1. The number of imide groups is 1. The average molecular weight is 405 g/mol. The van der Waals surface area contributed by atoms with Gasteiger partial charge in [0, 0.05) is 24.0 Å². The second-order valence-corrected chi connectivity index (χ2v) is 7.77. The molecule has 6 nitrogen and oxygen atoms in total. The number of aromatic amines is 1. The number of thioether (sulfide) groups is 1. The zero-order valence-electron chi connectivity index (χ0n) is 15.8. The van der Waals surface area contributed by atoms with E-state index in [0.717, 1.165) is 38.7 Å². The molecule has 1 aliphatic heterocycles. The third-order valence-corrected chi connectivity index (χ3v) is 5.52. The quantitative estimate of drug-likeness (QED) is 0.630. The molecule has 0 bridgehead atoms. The molecule has 0 aliphatic carbocycles. The largest absolute Gasteiger partial charge is 0.351 e. The monoisotopic (exact) mass is 405 g/mol. The fourth-order valence-corrected chi connectivity index (χ4v) is 4.00. The van der Waals surface area contributed by atoms with Crippen LogP contribution < -0.4 is 5.32 Å². The van der Waals surface area contributed by atoms with E-state index in [1.807, 2.05) is 55.5 Å². The number of carbonyl (C=O) groups is 3. The predicted octanol–water partition coefficient (Wildman–Crippen LogP) is 3.94. The van der Waals surface area contributed by atoms with Crippen molar-refractivity contribution in [3.05, 3.63) is 76.3 Å². The maximum atomic E-state index is 12.5. The highest BCUT2D eigenvalue weighted by Crippen LogP contribution is 2.31. The van der Waals surface area contributed by atoms with Gasteiger partial charge in [0.1, 0.15) is 5.69 Å². The summed E-state index contributed by atoms with van der Waals surface area (Å²) in [6.07, 6.45) is 1.70. The third-order valence-electron chi connectivity index (χ3n) is 4.61. The molecule has 0 radical (unpaired) electrons. The summed E-state index contributed by atoms with van der Waals surface area (Å²) in [6, 6.07) is 17.1. The van der Waals surface area contributed by atoms with Crippen LogP contribution in [0.15, 0.2) is 59.5 Å². The molecule has 0 spiro atoms. The van der Waals surface area contributed by atoms with Gasteiger partial charge in [0.05, 0.1) is 4.91 Å². The Morgan fingerprint density at radius 1 is 1.14 bits per heavy atom. The van der Waals surface area contributed by atoms with Gasteiger partial charge in [0.25, 0.3) is 17.1 Å². The minimum absolute atomic E-state index is 0.127. The molecule has 0 saturated carbocycles. The second kappa shape index (κ2) is 7.97. The summed E-state index contributed by atoms with van der Waals surface area (Å²) < 4.78 is 0. The van der Waals surface area contributed by atoms with Gasteiger partial charge < -0.3 is 10.3 Å². The maximum Gasteiger partial charge on any atom is 0.293 e. The molecule has 1 aromatic heterocycles. The normalized spacial score (nSPS) is 15.5. The van der Waals surface area contributed by atoms with E-state index in [4.69, 9.17) is 0 Å². The number of benzene rings is 2. The smallest absolute Gasteiger partial charge is 0.293 e. The number of hydrogen-bond donors (Lipinski definition) is 2. The summed E-state index contributed by atoms with van der Waals surface area (Å²) in [4.78, 5) is 41.7. The zero-order valence-corrected chi connectivity index (χ0v) is 16.6. The Hall–Kier alpha value is -3.32. The summed E-state index contributed by atoms with van der Waals surface area (Å²) in [7, 11) is 0. The first-order chi connectivity index (χ1) is 14.0. The zero-order chi connectivity index (χ0) is 20.4. The molecule has 29 heavy (non-hydrogen) atoms. The van der Waals surface area contributed by atoms with Crippen LogP contribution in [0.3, 0.4) is 0 Å². The Kier molecular flexibility index (Phi) is 5.22. The number of nitrogens with zero attached hydrogens (tertiary/aromatic N) is 1. The standard InChI is InChI=1S/C22H19N3O3S/c1-14-7-8-16-13-18(24-17(16)11-14)20(26)23-9-10-25-21(27)19(29-22(25)28)12-15-5-3-2-4-6-15/h2-8,11-13,24H,9-10H2,1H3,(H,23,26)/b19-12-. The number of hydrogen-bond acceptors (Lipinski definition) is 4. The number of H-pyrrole nitrogens is 1. The van der Waals surface area contributed by atoms with Crippen molar-refractivity contribution in [2.24, 2.45) is 0 Å². The molecule has 1 saturated heterocycles. The molecule has 146 valence electrons. The minimum Gasteiger partial charge on any atom is -0.351 e. The molecule has 3 aromatic rings. The van der Waals surface area contributed by atoms with Crippen LogP contribution in [0.25, 0.3) is 17.0 Å². The molecule has 2 heterocycles. The number of nitrogens with one attached hydrogen (secondary N) is 2. The van der Waals surface area contributed by atoms with Crippen LogP contribution in [-0.4, -0.2) is 40.0 Å². The van der Waals surface area contributed by atoms with Crippen molar-refractivity contribution in [2.75, 3.05) is 13.1 Å². The summed E-state index contributed by atoms with van der Waals surface area (Å²) >= 11 is 0.916. The SMILES string of the molecule is Cc1ccc2cc(C(=O)NCCN3C(=O)S/C(=C\c4ccccc4)C3=O)[nH]c2c1. The van der Waals surface area contributed by atoms with E-state index in [9.17, 15) is 14.4 Å². The summed E-state index contributed by atoms with van der Waals surface area (Å²) in [5.41, 5.74) is 3.31. The Bertz CT molecular complexity index is 1130.